The van der Waals surface area contributed by atoms with Crippen molar-refractivity contribution in [2.45, 2.75) is 13.3 Å². The molecule has 0 spiro atoms. The molecule has 1 aliphatic rings. The number of hydrogen-bond donors (Lipinski definition) is 2. The fraction of sp³-hybridized carbons (Fsp3) is 0.267. The Kier molecular flexibility index (Phi) is 4.96. The zero-order valence-electron chi connectivity index (χ0n) is 13.1. The molecule has 0 atom stereocenters. The van der Waals surface area contributed by atoms with Gasteiger partial charge in [0.1, 0.15) is 12.5 Å². The van der Waals surface area contributed by atoms with Crippen LogP contribution in [-0.2, 0) is 6.42 Å². The van der Waals surface area contributed by atoms with E-state index in [-0.39, 0.29) is 17.7 Å². The van der Waals surface area contributed by atoms with Crippen LogP contribution in [0.2, 0.25) is 0 Å². The summed E-state index contributed by atoms with van der Waals surface area (Å²) in [7, 11) is 1.60. The monoisotopic (exact) mass is 367 g/mol. The Balaban J connectivity index is 1.84. The standard InChI is InChI=1S/C15H15ClFN5OS/c1-3-8-4-9(5-18-14(8)23-2)10-6-24-15(21-10)22-13-11(17)12(16)19-7-20-13/h4-6,20H,3,7H2,1-2H3,(H,21,22). The highest BCUT2D eigenvalue weighted by atomic mass is 35.5. The summed E-state index contributed by atoms with van der Waals surface area (Å²) in [5, 5.41) is 7.95. The van der Waals surface area contributed by atoms with Gasteiger partial charge in [-0.05, 0) is 12.5 Å². The lowest BCUT2D eigenvalue weighted by Gasteiger charge is -2.14. The van der Waals surface area contributed by atoms with Crippen LogP contribution in [0.25, 0.3) is 11.3 Å². The number of methoxy groups -OCH3 is 1. The molecule has 24 heavy (non-hydrogen) atoms. The van der Waals surface area contributed by atoms with Crippen molar-refractivity contribution < 1.29 is 9.13 Å². The van der Waals surface area contributed by atoms with Gasteiger partial charge in [0, 0.05) is 22.7 Å². The molecule has 0 saturated carbocycles. The zero-order valence-corrected chi connectivity index (χ0v) is 14.6. The molecule has 1 aliphatic heterocycles. The van der Waals surface area contributed by atoms with Crippen LogP contribution in [0, 0.1) is 0 Å². The van der Waals surface area contributed by atoms with Gasteiger partial charge in [-0.15, -0.1) is 11.3 Å². The fourth-order valence-electron chi connectivity index (χ4n) is 2.18. The Bertz CT molecular complexity index is 820. The third-order valence-corrected chi connectivity index (χ3v) is 4.45. The minimum Gasteiger partial charge on any atom is -0.481 e. The van der Waals surface area contributed by atoms with Gasteiger partial charge in [-0.2, -0.15) is 4.39 Å². The van der Waals surface area contributed by atoms with E-state index in [1.54, 1.807) is 13.3 Å². The van der Waals surface area contributed by atoms with Crippen LogP contribution >= 0.6 is 22.9 Å². The summed E-state index contributed by atoms with van der Waals surface area (Å²) in [6, 6.07) is 1.99. The van der Waals surface area contributed by atoms with Crippen LogP contribution in [0.3, 0.4) is 0 Å². The third kappa shape index (κ3) is 3.34. The summed E-state index contributed by atoms with van der Waals surface area (Å²) < 4.78 is 19.1. The van der Waals surface area contributed by atoms with Gasteiger partial charge in [-0.25, -0.2) is 15.0 Å². The molecule has 2 aromatic heterocycles. The van der Waals surface area contributed by atoms with Gasteiger partial charge >= 0.3 is 0 Å². The molecular formula is C15H15ClFN5OS. The summed E-state index contributed by atoms with van der Waals surface area (Å²) in [6.45, 7) is 2.25. The number of nitrogens with one attached hydrogen (secondary N) is 2. The van der Waals surface area contributed by atoms with Crippen molar-refractivity contribution in [1.29, 1.82) is 0 Å². The topological polar surface area (TPSA) is 71.4 Å². The van der Waals surface area contributed by atoms with Gasteiger partial charge in [0.2, 0.25) is 5.88 Å². The van der Waals surface area contributed by atoms with Crippen LogP contribution in [0.1, 0.15) is 12.5 Å². The maximum absolute atomic E-state index is 13.9. The number of aryl methyl sites for hydroxylation is 1. The number of hydrogen-bond acceptors (Lipinski definition) is 7. The molecule has 0 bridgehead atoms. The van der Waals surface area contributed by atoms with Gasteiger partial charge in [0.15, 0.2) is 16.1 Å². The first-order valence-electron chi connectivity index (χ1n) is 7.22. The molecule has 126 valence electrons. The van der Waals surface area contributed by atoms with E-state index in [0.717, 1.165) is 23.2 Å². The number of ether oxygens (including phenoxy) is 1. The van der Waals surface area contributed by atoms with Gasteiger partial charge in [0.05, 0.1) is 12.8 Å². The molecule has 2 aromatic rings. The van der Waals surface area contributed by atoms with Crippen LogP contribution < -0.4 is 15.4 Å². The van der Waals surface area contributed by atoms with E-state index < -0.39 is 5.83 Å². The molecule has 0 unspecified atom stereocenters. The molecule has 6 nitrogen and oxygen atoms in total. The number of anilines is 1. The molecule has 0 aliphatic carbocycles. The molecule has 2 N–H and O–H groups in total. The second kappa shape index (κ2) is 7.14. The molecule has 0 saturated heterocycles. The predicted octanol–water partition coefficient (Wildman–Crippen LogP) is 3.52. The summed E-state index contributed by atoms with van der Waals surface area (Å²) in [5.74, 6) is 0.152. The van der Waals surface area contributed by atoms with E-state index in [2.05, 4.69) is 25.6 Å². The van der Waals surface area contributed by atoms with Crippen molar-refractivity contribution in [3.63, 3.8) is 0 Å². The number of aromatic nitrogens is 2. The largest absolute Gasteiger partial charge is 0.481 e. The minimum absolute atomic E-state index is 0.153. The van der Waals surface area contributed by atoms with Gasteiger partial charge in [-0.3, -0.25) is 0 Å². The van der Waals surface area contributed by atoms with Crippen molar-refractivity contribution in [3.8, 4) is 17.1 Å². The van der Waals surface area contributed by atoms with Crippen LogP contribution in [0.5, 0.6) is 5.88 Å². The van der Waals surface area contributed by atoms with Crippen molar-refractivity contribution in [3.05, 3.63) is 34.9 Å². The molecule has 3 heterocycles. The van der Waals surface area contributed by atoms with E-state index in [9.17, 15) is 4.39 Å². The molecule has 0 radical (unpaired) electrons. The van der Waals surface area contributed by atoms with Crippen molar-refractivity contribution in [2.24, 2.45) is 4.99 Å². The summed E-state index contributed by atoms with van der Waals surface area (Å²) in [5.41, 5.74) is 2.63. The average molecular weight is 368 g/mol. The summed E-state index contributed by atoms with van der Waals surface area (Å²) in [4.78, 5) is 12.5. The van der Waals surface area contributed by atoms with E-state index >= 15 is 0 Å². The average Bonchev–Trinajstić information content (AvgIpc) is 3.07. The predicted molar refractivity (Wildman–Crippen MR) is 94.3 cm³/mol. The number of thiazole rings is 1. The smallest absolute Gasteiger partial charge is 0.216 e. The lowest BCUT2D eigenvalue weighted by Crippen LogP contribution is -2.26. The maximum atomic E-state index is 13.9. The number of pyridine rings is 1. The number of rotatable bonds is 5. The summed E-state index contributed by atoms with van der Waals surface area (Å²) in [6.07, 6.45) is 2.51. The normalized spacial score (nSPS) is 14.2. The fourth-order valence-corrected chi connectivity index (χ4v) is 3.06. The first-order chi connectivity index (χ1) is 11.6. The van der Waals surface area contributed by atoms with Crippen molar-refractivity contribution in [1.82, 2.24) is 15.3 Å². The quantitative estimate of drug-likeness (QED) is 0.846. The Hall–Kier alpha value is -2.19. The molecule has 0 aromatic carbocycles. The SMILES string of the molecule is CCc1cc(-c2csc(NC3=C(F)C(Cl)=NCN3)n2)cnc1OC. The highest BCUT2D eigenvalue weighted by Gasteiger charge is 2.17. The Morgan fingerprint density at radius 2 is 2.33 bits per heavy atom. The Morgan fingerprint density at radius 3 is 3.08 bits per heavy atom. The second-order valence-electron chi connectivity index (χ2n) is 4.88. The van der Waals surface area contributed by atoms with Crippen LogP contribution in [-0.4, -0.2) is 28.9 Å². The Labute approximate surface area is 147 Å². The highest BCUT2D eigenvalue weighted by Crippen LogP contribution is 2.28. The number of allylic oxidation sites excluding steroid dienone is 1. The first kappa shape index (κ1) is 16.7. The molecule has 9 heteroatoms. The van der Waals surface area contributed by atoms with Crippen LogP contribution in [0.4, 0.5) is 9.52 Å². The Morgan fingerprint density at radius 1 is 1.50 bits per heavy atom. The molecule has 0 amide bonds. The lowest BCUT2D eigenvalue weighted by molar-refractivity contribution is 0.393. The lowest BCUT2D eigenvalue weighted by atomic mass is 10.1. The molecule has 0 fully saturated rings. The summed E-state index contributed by atoms with van der Waals surface area (Å²) >= 11 is 7.05. The molecular weight excluding hydrogens is 353 g/mol. The van der Waals surface area contributed by atoms with Crippen molar-refractivity contribution in [2.75, 3.05) is 19.1 Å². The van der Waals surface area contributed by atoms with E-state index in [0.29, 0.717) is 11.0 Å². The van der Waals surface area contributed by atoms with Gasteiger partial charge in [0.25, 0.3) is 0 Å². The van der Waals surface area contributed by atoms with E-state index in [1.165, 1.54) is 11.3 Å². The highest BCUT2D eigenvalue weighted by molar-refractivity contribution is 7.14. The van der Waals surface area contributed by atoms with Crippen molar-refractivity contribution >= 4 is 33.2 Å². The van der Waals surface area contributed by atoms with E-state index in [4.69, 9.17) is 16.3 Å². The second-order valence-corrected chi connectivity index (χ2v) is 6.10. The number of aliphatic imine (C=N–C) groups is 1. The maximum Gasteiger partial charge on any atom is 0.216 e. The van der Waals surface area contributed by atoms with E-state index in [1.807, 2.05) is 18.4 Å². The third-order valence-electron chi connectivity index (χ3n) is 3.41. The minimum atomic E-state index is -0.626. The van der Waals surface area contributed by atoms with Crippen LogP contribution in [0.15, 0.2) is 34.3 Å². The van der Waals surface area contributed by atoms with Gasteiger partial charge < -0.3 is 15.4 Å². The molecule has 3 rings (SSSR count). The zero-order chi connectivity index (χ0) is 17.1. The number of halogens is 2. The number of nitrogens with zero attached hydrogens (tertiary/aromatic N) is 3. The van der Waals surface area contributed by atoms with Gasteiger partial charge in [-0.1, -0.05) is 18.5 Å². The first-order valence-corrected chi connectivity index (χ1v) is 8.48.